The highest BCUT2D eigenvalue weighted by atomic mass is 35.5. The van der Waals surface area contributed by atoms with E-state index in [1.54, 1.807) is 23.0 Å². The Morgan fingerprint density at radius 3 is 2.57 bits per heavy atom. The van der Waals surface area contributed by atoms with Crippen molar-refractivity contribution in [2.75, 3.05) is 0 Å². The van der Waals surface area contributed by atoms with Gasteiger partial charge in [-0.15, -0.1) is 0 Å². The van der Waals surface area contributed by atoms with Gasteiger partial charge in [-0.25, -0.2) is 9.67 Å². The summed E-state index contributed by atoms with van der Waals surface area (Å²) in [5.41, 5.74) is 1.73. The van der Waals surface area contributed by atoms with Crippen LogP contribution in [0.4, 0.5) is 0 Å². The van der Waals surface area contributed by atoms with Gasteiger partial charge < -0.3 is 0 Å². The molecule has 0 atom stereocenters. The molecule has 14 heavy (non-hydrogen) atoms. The molecule has 2 rings (SSSR count). The minimum absolute atomic E-state index is 0.351. The quantitative estimate of drug-likeness (QED) is 0.702. The third-order valence-corrected chi connectivity index (χ3v) is 2.34. The fraction of sp³-hybridized carbons (Fsp3) is 0.111. The number of hydrogen-bond acceptors (Lipinski definition) is 2. The maximum Gasteiger partial charge on any atom is 0.156 e. The Morgan fingerprint density at radius 2 is 2.00 bits per heavy atom. The lowest BCUT2D eigenvalue weighted by Crippen LogP contribution is -2.00. The van der Waals surface area contributed by atoms with Gasteiger partial charge in [-0.1, -0.05) is 23.2 Å². The van der Waals surface area contributed by atoms with E-state index in [0.717, 1.165) is 11.4 Å². The molecule has 0 radical (unpaired) electrons. The minimum atomic E-state index is 0.351. The number of hydrogen-bond donors (Lipinski definition) is 0. The molecule has 0 spiro atoms. The molecule has 0 amide bonds. The second kappa shape index (κ2) is 3.59. The summed E-state index contributed by atoms with van der Waals surface area (Å²) in [7, 11) is 0. The summed E-state index contributed by atoms with van der Waals surface area (Å²) in [5.74, 6) is 0. The first-order chi connectivity index (χ1) is 6.68. The molecule has 0 bridgehead atoms. The Balaban J connectivity index is 2.58. The van der Waals surface area contributed by atoms with E-state index in [2.05, 4.69) is 10.1 Å². The van der Waals surface area contributed by atoms with E-state index in [0.29, 0.717) is 10.3 Å². The zero-order valence-electron chi connectivity index (χ0n) is 7.41. The molecule has 72 valence electrons. The zero-order valence-corrected chi connectivity index (χ0v) is 8.92. The summed E-state index contributed by atoms with van der Waals surface area (Å²) < 4.78 is 1.71. The summed E-state index contributed by atoms with van der Waals surface area (Å²) in [5, 5.41) is 4.86. The van der Waals surface area contributed by atoms with Gasteiger partial charge in [0.15, 0.2) is 5.15 Å². The Labute approximate surface area is 91.3 Å². The fourth-order valence-corrected chi connectivity index (χ4v) is 1.61. The SMILES string of the molecule is Cc1ccnn1-c1ccc(Cl)nc1Cl. The van der Waals surface area contributed by atoms with Crippen molar-refractivity contribution in [1.29, 1.82) is 0 Å². The number of aromatic nitrogens is 3. The molecule has 5 heteroatoms. The van der Waals surface area contributed by atoms with Gasteiger partial charge in [-0.05, 0) is 25.1 Å². The van der Waals surface area contributed by atoms with Crippen LogP contribution in [0.2, 0.25) is 10.3 Å². The first-order valence-electron chi connectivity index (χ1n) is 4.01. The predicted molar refractivity (Wildman–Crippen MR) is 56.1 cm³/mol. The average molecular weight is 228 g/mol. The molecular formula is C9H7Cl2N3. The smallest absolute Gasteiger partial charge is 0.156 e. The van der Waals surface area contributed by atoms with E-state index in [1.807, 2.05) is 13.0 Å². The summed E-state index contributed by atoms with van der Waals surface area (Å²) in [4.78, 5) is 3.94. The van der Waals surface area contributed by atoms with E-state index in [4.69, 9.17) is 23.2 Å². The van der Waals surface area contributed by atoms with E-state index in [1.165, 1.54) is 0 Å². The van der Waals surface area contributed by atoms with Crippen LogP contribution in [-0.2, 0) is 0 Å². The van der Waals surface area contributed by atoms with Gasteiger partial charge in [-0.3, -0.25) is 0 Å². The molecular weight excluding hydrogens is 221 g/mol. The zero-order chi connectivity index (χ0) is 10.1. The summed E-state index contributed by atoms with van der Waals surface area (Å²) in [6.07, 6.45) is 1.71. The van der Waals surface area contributed by atoms with E-state index >= 15 is 0 Å². The van der Waals surface area contributed by atoms with Crippen molar-refractivity contribution in [3.8, 4) is 5.69 Å². The van der Waals surface area contributed by atoms with Gasteiger partial charge in [0, 0.05) is 11.9 Å². The average Bonchev–Trinajstić information content (AvgIpc) is 2.52. The summed E-state index contributed by atoms with van der Waals surface area (Å²) >= 11 is 11.6. The molecule has 0 aromatic carbocycles. The van der Waals surface area contributed by atoms with Crippen LogP contribution in [0.25, 0.3) is 5.69 Å². The third kappa shape index (κ3) is 1.61. The third-order valence-electron chi connectivity index (χ3n) is 1.86. The predicted octanol–water partition coefficient (Wildman–Crippen LogP) is 2.88. The second-order valence-electron chi connectivity index (χ2n) is 2.83. The van der Waals surface area contributed by atoms with Gasteiger partial charge in [0.25, 0.3) is 0 Å². The summed E-state index contributed by atoms with van der Waals surface area (Å²) in [6.45, 7) is 1.94. The van der Waals surface area contributed by atoms with Crippen LogP contribution >= 0.6 is 23.2 Å². The van der Waals surface area contributed by atoms with E-state index in [-0.39, 0.29) is 0 Å². The first-order valence-corrected chi connectivity index (χ1v) is 4.77. The van der Waals surface area contributed by atoms with Crippen molar-refractivity contribution in [3.63, 3.8) is 0 Å². The van der Waals surface area contributed by atoms with Crippen LogP contribution in [0.15, 0.2) is 24.4 Å². The number of pyridine rings is 1. The Morgan fingerprint density at radius 1 is 1.21 bits per heavy atom. The van der Waals surface area contributed by atoms with Crippen LogP contribution in [0, 0.1) is 6.92 Å². The van der Waals surface area contributed by atoms with Crippen molar-refractivity contribution in [3.05, 3.63) is 40.4 Å². The van der Waals surface area contributed by atoms with Crippen molar-refractivity contribution in [2.45, 2.75) is 6.92 Å². The molecule has 0 saturated carbocycles. The normalized spacial score (nSPS) is 10.5. The van der Waals surface area contributed by atoms with Gasteiger partial charge in [0.2, 0.25) is 0 Å². The topological polar surface area (TPSA) is 30.7 Å². The Bertz CT molecular complexity index is 465. The Hall–Kier alpha value is -1.06. The lowest BCUT2D eigenvalue weighted by atomic mass is 10.4. The maximum atomic E-state index is 5.94. The van der Waals surface area contributed by atoms with E-state index in [9.17, 15) is 0 Å². The lowest BCUT2D eigenvalue weighted by molar-refractivity contribution is 0.842. The highest BCUT2D eigenvalue weighted by Crippen LogP contribution is 2.20. The van der Waals surface area contributed by atoms with Crippen LogP contribution in [0.5, 0.6) is 0 Å². The van der Waals surface area contributed by atoms with Gasteiger partial charge in [0.1, 0.15) is 10.8 Å². The molecule has 0 saturated heterocycles. The van der Waals surface area contributed by atoms with Gasteiger partial charge >= 0.3 is 0 Å². The van der Waals surface area contributed by atoms with Gasteiger partial charge in [0.05, 0.1) is 0 Å². The van der Waals surface area contributed by atoms with Crippen LogP contribution in [0.3, 0.4) is 0 Å². The monoisotopic (exact) mass is 227 g/mol. The number of halogens is 2. The molecule has 0 fully saturated rings. The molecule has 0 aliphatic rings. The van der Waals surface area contributed by atoms with Crippen LogP contribution in [0.1, 0.15) is 5.69 Å². The number of aryl methyl sites for hydroxylation is 1. The minimum Gasteiger partial charge on any atom is -0.235 e. The van der Waals surface area contributed by atoms with Crippen molar-refractivity contribution in [2.24, 2.45) is 0 Å². The molecule has 2 aromatic rings. The number of nitrogens with zero attached hydrogens (tertiary/aromatic N) is 3. The molecule has 2 heterocycles. The fourth-order valence-electron chi connectivity index (χ4n) is 1.18. The highest BCUT2D eigenvalue weighted by Gasteiger charge is 2.06. The molecule has 3 nitrogen and oxygen atoms in total. The summed E-state index contributed by atoms with van der Waals surface area (Å²) in [6, 6.07) is 5.37. The molecule has 0 aliphatic heterocycles. The second-order valence-corrected chi connectivity index (χ2v) is 3.57. The molecule has 0 unspecified atom stereocenters. The van der Waals surface area contributed by atoms with Gasteiger partial charge in [-0.2, -0.15) is 5.10 Å². The standard InChI is InChI=1S/C9H7Cl2N3/c1-6-4-5-12-14(6)7-2-3-8(10)13-9(7)11/h2-5H,1H3. The van der Waals surface area contributed by atoms with Crippen LogP contribution in [-0.4, -0.2) is 14.8 Å². The maximum absolute atomic E-state index is 5.94. The van der Waals surface area contributed by atoms with Crippen LogP contribution < -0.4 is 0 Å². The molecule has 0 aliphatic carbocycles. The Kier molecular flexibility index (Phi) is 2.44. The van der Waals surface area contributed by atoms with Crippen molar-refractivity contribution >= 4 is 23.2 Å². The highest BCUT2D eigenvalue weighted by molar-refractivity contribution is 6.33. The largest absolute Gasteiger partial charge is 0.235 e. The van der Waals surface area contributed by atoms with Crippen molar-refractivity contribution in [1.82, 2.24) is 14.8 Å². The lowest BCUT2D eigenvalue weighted by Gasteiger charge is -2.05. The van der Waals surface area contributed by atoms with Crippen molar-refractivity contribution < 1.29 is 0 Å². The van der Waals surface area contributed by atoms with E-state index < -0.39 is 0 Å². The first kappa shape index (κ1) is 9.49. The number of rotatable bonds is 1. The molecule has 2 aromatic heterocycles. The molecule has 0 N–H and O–H groups in total.